The molecular formula is C18H23NO. The van der Waals surface area contributed by atoms with Crippen LogP contribution in [0.25, 0.3) is 0 Å². The standard InChI is InChI=1S/C18H23NO/c1-2-3-14-19(15-17-10-6-4-7-11-17)16-20-18-12-8-5-9-13-18/h4-13H,2-3,14-16H2,1H3. The Morgan fingerprint density at radius 1 is 0.900 bits per heavy atom. The van der Waals surface area contributed by atoms with E-state index in [1.807, 2.05) is 30.3 Å². The third-order valence-corrected chi connectivity index (χ3v) is 3.23. The highest BCUT2D eigenvalue weighted by molar-refractivity contribution is 5.20. The minimum absolute atomic E-state index is 0.638. The molecule has 0 heterocycles. The minimum atomic E-state index is 0.638. The van der Waals surface area contributed by atoms with Crippen molar-refractivity contribution >= 4 is 0 Å². The first-order chi connectivity index (χ1) is 9.88. The van der Waals surface area contributed by atoms with Crippen molar-refractivity contribution in [2.24, 2.45) is 0 Å². The van der Waals surface area contributed by atoms with Crippen LogP contribution in [0.2, 0.25) is 0 Å². The summed E-state index contributed by atoms with van der Waals surface area (Å²) < 4.78 is 5.86. The van der Waals surface area contributed by atoms with Gasteiger partial charge >= 0.3 is 0 Å². The minimum Gasteiger partial charge on any atom is -0.478 e. The number of rotatable bonds is 8. The molecule has 0 saturated heterocycles. The second-order valence-electron chi connectivity index (χ2n) is 4.98. The molecule has 2 aromatic rings. The summed E-state index contributed by atoms with van der Waals surface area (Å²) in [6.45, 7) is 4.86. The SMILES string of the molecule is CCCCN(COc1ccccc1)Cc1ccccc1. The van der Waals surface area contributed by atoms with Gasteiger partial charge in [0.25, 0.3) is 0 Å². The van der Waals surface area contributed by atoms with Gasteiger partial charge in [-0.05, 0) is 24.1 Å². The van der Waals surface area contributed by atoms with E-state index in [0.717, 1.165) is 18.8 Å². The van der Waals surface area contributed by atoms with Gasteiger partial charge in [0.2, 0.25) is 0 Å². The Bertz CT molecular complexity index is 469. The zero-order valence-corrected chi connectivity index (χ0v) is 12.2. The summed E-state index contributed by atoms with van der Waals surface area (Å²) in [5.74, 6) is 0.932. The summed E-state index contributed by atoms with van der Waals surface area (Å²) in [4.78, 5) is 2.35. The molecule has 0 spiro atoms. The lowest BCUT2D eigenvalue weighted by molar-refractivity contribution is 0.117. The molecule has 0 unspecified atom stereocenters. The van der Waals surface area contributed by atoms with Crippen LogP contribution >= 0.6 is 0 Å². The van der Waals surface area contributed by atoms with Gasteiger partial charge in [-0.1, -0.05) is 61.9 Å². The maximum Gasteiger partial charge on any atom is 0.142 e. The first-order valence-corrected chi connectivity index (χ1v) is 7.32. The molecule has 0 atom stereocenters. The van der Waals surface area contributed by atoms with Crippen LogP contribution in [-0.2, 0) is 6.54 Å². The maximum absolute atomic E-state index is 5.86. The lowest BCUT2D eigenvalue weighted by Gasteiger charge is -2.22. The van der Waals surface area contributed by atoms with Crippen LogP contribution in [0.3, 0.4) is 0 Å². The van der Waals surface area contributed by atoms with E-state index in [2.05, 4.69) is 42.2 Å². The number of hydrogen-bond acceptors (Lipinski definition) is 2. The zero-order chi connectivity index (χ0) is 14.0. The van der Waals surface area contributed by atoms with Crippen LogP contribution in [-0.4, -0.2) is 18.2 Å². The Balaban J connectivity index is 1.89. The molecule has 2 aromatic carbocycles. The molecule has 0 amide bonds. The number of unbranched alkanes of at least 4 members (excludes halogenated alkanes) is 1. The molecule has 0 aromatic heterocycles. The highest BCUT2D eigenvalue weighted by atomic mass is 16.5. The van der Waals surface area contributed by atoms with Crippen LogP contribution in [0.1, 0.15) is 25.3 Å². The Hall–Kier alpha value is -1.80. The molecule has 0 aliphatic rings. The Morgan fingerprint density at radius 3 is 2.20 bits per heavy atom. The summed E-state index contributed by atoms with van der Waals surface area (Å²) in [7, 11) is 0. The Morgan fingerprint density at radius 2 is 1.55 bits per heavy atom. The lowest BCUT2D eigenvalue weighted by atomic mass is 10.2. The number of benzene rings is 2. The molecule has 0 saturated carbocycles. The van der Waals surface area contributed by atoms with Gasteiger partial charge in [0, 0.05) is 13.1 Å². The molecule has 0 aliphatic heterocycles. The van der Waals surface area contributed by atoms with Gasteiger partial charge in [0.15, 0.2) is 0 Å². The van der Waals surface area contributed by atoms with Crippen molar-refractivity contribution in [3.05, 3.63) is 66.2 Å². The van der Waals surface area contributed by atoms with Crippen LogP contribution < -0.4 is 4.74 Å². The van der Waals surface area contributed by atoms with E-state index in [1.165, 1.54) is 18.4 Å². The van der Waals surface area contributed by atoms with E-state index in [-0.39, 0.29) is 0 Å². The van der Waals surface area contributed by atoms with Gasteiger partial charge < -0.3 is 4.74 Å². The number of nitrogens with zero attached hydrogens (tertiary/aromatic N) is 1. The van der Waals surface area contributed by atoms with E-state index < -0.39 is 0 Å². The topological polar surface area (TPSA) is 12.5 Å². The summed E-state index contributed by atoms with van der Waals surface area (Å²) in [6.07, 6.45) is 2.40. The maximum atomic E-state index is 5.86. The predicted octanol–water partition coefficient (Wildman–Crippen LogP) is 4.33. The van der Waals surface area contributed by atoms with E-state index >= 15 is 0 Å². The van der Waals surface area contributed by atoms with E-state index in [4.69, 9.17) is 4.74 Å². The van der Waals surface area contributed by atoms with Gasteiger partial charge in [-0.2, -0.15) is 0 Å². The number of para-hydroxylation sites is 1. The molecule has 0 bridgehead atoms. The van der Waals surface area contributed by atoms with Gasteiger partial charge in [0.1, 0.15) is 12.5 Å². The van der Waals surface area contributed by atoms with Crippen molar-refractivity contribution in [3.8, 4) is 5.75 Å². The first-order valence-electron chi connectivity index (χ1n) is 7.32. The first kappa shape index (κ1) is 14.6. The van der Waals surface area contributed by atoms with Crippen LogP contribution in [0.15, 0.2) is 60.7 Å². The van der Waals surface area contributed by atoms with Crippen molar-refractivity contribution in [2.75, 3.05) is 13.3 Å². The van der Waals surface area contributed by atoms with Gasteiger partial charge in [-0.3, -0.25) is 4.90 Å². The smallest absolute Gasteiger partial charge is 0.142 e. The second-order valence-corrected chi connectivity index (χ2v) is 4.98. The van der Waals surface area contributed by atoms with Gasteiger partial charge in [0.05, 0.1) is 0 Å². The average Bonchev–Trinajstić information content (AvgIpc) is 2.52. The quantitative estimate of drug-likeness (QED) is 0.662. The highest BCUT2D eigenvalue weighted by Crippen LogP contribution is 2.11. The fourth-order valence-electron chi connectivity index (χ4n) is 2.10. The molecule has 2 nitrogen and oxygen atoms in total. The van der Waals surface area contributed by atoms with Crippen molar-refractivity contribution < 1.29 is 4.74 Å². The molecule has 0 fully saturated rings. The predicted molar refractivity (Wildman–Crippen MR) is 83.7 cm³/mol. The van der Waals surface area contributed by atoms with Crippen molar-refractivity contribution in [1.29, 1.82) is 0 Å². The molecule has 2 rings (SSSR count). The third-order valence-electron chi connectivity index (χ3n) is 3.23. The van der Waals surface area contributed by atoms with E-state index in [0.29, 0.717) is 6.73 Å². The molecule has 0 N–H and O–H groups in total. The second kappa shape index (κ2) is 8.39. The highest BCUT2D eigenvalue weighted by Gasteiger charge is 2.06. The molecule has 0 radical (unpaired) electrons. The Labute approximate surface area is 122 Å². The fourth-order valence-corrected chi connectivity index (χ4v) is 2.10. The molecule has 106 valence electrons. The van der Waals surface area contributed by atoms with Crippen LogP contribution in [0.5, 0.6) is 5.75 Å². The number of ether oxygens (including phenoxy) is 1. The van der Waals surface area contributed by atoms with Crippen LogP contribution in [0.4, 0.5) is 0 Å². The van der Waals surface area contributed by atoms with E-state index in [9.17, 15) is 0 Å². The lowest BCUT2D eigenvalue weighted by Crippen LogP contribution is -2.28. The monoisotopic (exact) mass is 269 g/mol. The van der Waals surface area contributed by atoms with Crippen molar-refractivity contribution in [3.63, 3.8) is 0 Å². The van der Waals surface area contributed by atoms with Crippen molar-refractivity contribution in [1.82, 2.24) is 4.90 Å². The summed E-state index contributed by atoms with van der Waals surface area (Å²) >= 11 is 0. The number of hydrogen-bond donors (Lipinski definition) is 0. The van der Waals surface area contributed by atoms with Gasteiger partial charge in [-0.25, -0.2) is 0 Å². The van der Waals surface area contributed by atoms with E-state index in [1.54, 1.807) is 0 Å². The summed E-state index contributed by atoms with van der Waals surface area (Å²) in [5, 5.41) is 0. The van der Waals surface area contributed by atoms with Crippen LogP contribution in [0, 0.1) is 0 Å². The normalized spacial score (nSPS) is 10.7. The average molecular weight is 269 g/mol. The summed E-state index contributed by atoms with van der Waals surface area (Å²) in [6, 6.07) is 20.6. The van der Waals surface area contributed by atoms with Gasteiger partial charge in [-0.15, -0.1) is 0 Å². The largest absolute Gasteiger partial charge is 0.478 e. The summed E-state index contributed by atoms with van der Waals surface area (Å²) in [5.41, 5.74) is 1.33. The Kier molecular flexibility index (Phi) is 6.12. The molecular weight excluding hydrogens is 246 g/mol. The van der Waals surface area contributed by atoms with Crippen molar-refractivity contribution in [2.45, 2.75) is 26.3 Å². The zero-order valence-electron chi connectivity index (χ0n) is 12.2. The third kappa shape index (κ3) is 5.06. The molecule has 20 heavy (non-hydrogen) atoms. The fraction of sp³-hybridized carbons (Fsp3) is 0.333. The molecule has 0 aliphatic carbocycles. The molecule has 2 heteroatoms.